The zero-order valence-electron chi connectivity index (χ0n) is 11.5. The molecule has 3 rings (SSSR count). The molecule has 0 bridgehead atoms. The predicted molar refractivity (Wildman–Crippen MR) is 79.3 cm³/mol. The molecule has 1 saturated carbocycles. The number of nitrogens with two attached hydrogens (primary N) is 1. The van der Waals surface area contributed by atoms with Gasteiger partial charge in [0.05, 0.1) is 9.88 Å². The van der Waals surface area contributed by atoms with E-state index in [1.807, 2.05) is 6.07 Å². The van der Waals surface area contributed by atoms with Gasteiger partial charge in [-0.3, -0.25) is 0 Å². The minimum absolute atomic E-state index is 0.557. The first-order valence-corrected chi connectivity index (χ1v) is 7.76. The van der Waals surface area contributed by atoms with Gasteiger partial charge < -0.3 is 10.3 Å². The fourth-order valence-corrected chi connectivity index (χ4v) is 3.95. The summed E-state index contributed by atoms with van der Waals surface area (Å²) in [5, 5.41) is 9.55. The summed E-state index contributed by atoms with van der Waals surface area (Å²) in [7, 11) is 0. The van der Waals surface area contributed by atoms with E-state index in [1.165, 1.54) is 42.5 Å². The Bertz CT molecular complexity index is 578. The molecule has 1 aliphatic carbocycles. The molecule has 0 spiro atoms. The van der Waals surface area contributed by atoms with Crippen molar-refractivity contribution < 1.29 is 0 Å². The number of aryl methyl sites for hydroxylation is 2. The summed E-state index contributed by atoms with van der Waals surface area (Å²) in [6.07, 6.45) is 6.47. The van der Waals surface area contributed by atoms with Gasteiger partial charge in [0.1, 0.15) is 5.82 Å². The molecular weight excluding hydrogens is 256 g/mol. The van der Waals surface area contributed by atoms with Crippen molar-refractivity contribution >= 4 is 16.3 Å². The fourth-order valence-electron chi connectivity index (χ4n) is 3.03. The Morgan fingerprint density at radius 3 is 2.58 bits per heavy atom. The van der Waals surface area contributed by atoms with Crippen LogP contribution in [-0.2, 0) is 0 Å². The molecule has 0 atom stereocenters. The molecular formula is C14H20N4S. The van der Waals surface area contributed by atoms with Crippen molar-refractivity contribution in [2.45, 2.75) is 52.0 Å². The van der Waals surface area contributed by atoms with Crippen molar-refractivity contribution in [3.8, 4) is 10.7 Å². The van der Waals surface area contributed by atoms with Crippen molar-refractivity contribution in [1.29, 1.82) is 0 Å². The van der Waals surface area contributed by atoms with Crippen LogP contribution < -0.4 is 5.73 Å². The number of anilines is 1. The summed E-state index contributed by atoms with van der Waals surface area (Å²) in [5.41, 5.74) is 7.11. The van der Waals surface area contributed by atoms with Crippen LogP contribution >= 0.6 is 11.3 Å². The maximum Gasteiger partial charge on any atom is 0.174 e. The Labute approximate surface area is 117 Å². The summed E-state index contributed by atoms with van der Waals surface area (Å²) in [6, 6.07) is 2.58. The van der Waals surface area contributed by atoms with Crippen molar-refractivity contribution in [2.75, 3.05) is 5.73 Å². The van der Waals surface area contributed by atoms with Crippen LogP contribution in [0.3, 0.4) is 0 Å². The van der Waals surface area contributed by atoms with Crippen LogP contribution in [0.15, 0.2) is 6.07 Å². The van der Waals surface area contributed by atoms with E-state index in [0.717, 1.165) is 16.6 Å². The van der Waals surface area contributed by atoms with Crippen LogP contribution in [-0.4, -0.2) is 14.8 Å². The van der Waals surface area contributed by atoms with E-state index in [-0.39, 0.29) is 0 Å². The number of hydrogen-bond acceptors (Lipinski definition) is 4. The Morgan fingerprint density at radius 2 is 1.95 bits per heavy atom. The topological polar surface area (TPSA) is 56.7 Å². The van der Waals surface area contributed by atoms with Crippen molar-refractivity contribution in [3.63, 3.8) is 0 Å². The minimum Gasteiger partial charge on any atom is -0.391 e. The van der Waals surface area contributed by atoms with E-state index in [9.17, 15) is 0 Å². The number of hydrogen-bond donors (Lipinski definition) is 1. The van der Waals surface area contributed by atoms with Gasteiger partial charge in [-0.05, 0) is 38.3 Å². The number of nitrogens with zero attached hydrogens (tertiary/aromatic N) is 3. The quantitative estimate of drug-likeness (QED) is 0.909. The Hall–Kier alpha value is -1.36. The zero-order valence-corrected chi connectivity index (χ0v) is 12.3. The second kappa shape index (κ2) is 4.96. The third-order valence-electron chi connectivity index (χ3n) is 3.95. The molecule has 0 aliphatic heterocycles. The molecule has 2 aromatic rings. The summed E-state index contributed by atoms with van der Waals surface area (Å²) in [4.78, 5) is 1.17. The van der Waals surface area contributed by atoms with E-state index >= 15 is 0 Å². The van der Waals surface area contributed by atoms with Gasteiger partial charge in [0.15, 0.2) is 5.82 Å². The Morgan fingerprint density at radius 1 is 1.21 bits per heavy atom. The highest BCUT2D eigenvalue weighted by Gasteiger charge is 2.23. The molecule has 0 unspecified atom stereocenters. The van der Waals surface area contributed by atoms with Crippen LogP contribution in [0.2, 0.25) is 0 Å². The van der Waals surface area contributed by atoms with Gasteiger partial charge in [-0.2, -0.15) is 0 Å². The zero-order chi connectivity index (χ0) is 13.4. The largest absolute Gasteiger partial charge is 0.391 e. The SMILES string of the molecule is Cc1cc(N)sc1-c1nnc(C)n1C1CCCCC1. The molecule has 0 amide bonds. The van der Waals surface area contributed by atoms with Crippen LogP contribution in [0.25, 0.3) is 10.7 Å². The minimum atomic E-state index is 0.557. The van der Waals surface area contributed by atoms with Gasteiger partial charge in [0.2, 0.25) is 0 Å². The van der Waals surface area contributed by atoms with Gasteiger partial charge in [-0.25, -0.2) is 0 Å². The summed E-state index contributed by atoms with van der Waals surface area (Å²) < 4.78 is 2.33. The van der Waals surface area contributed by atoms with Crippen molar-refractivity contribution in [2.24, 2.45) is 0 Å². The lowest BCUT2D eigenvalue weighted by molar-refractivity contribution is 0.350. The fraction of sp³-hybridized carbons (Fsp3) is 0.571. The Balaban J connectivity index is 2.05. The maximum atomic E-state index is 5.91. The van der Waals surface area contributed by atoms with Gasteiger partial charge in [-0.1, -0.05) is 19.3 Å². The molecule has 0 aromatic carbocycles. The molecule has 1 aliphatic rings. The van der Waals surface area contributed by atoms with E-state index < -0.39 is 0 Å². The maximum absolute atomic E-state index is 5.91. The van der Waals surface area contributed by atoms with Crippen LogP contribution in [0.5, 0.6) is 0 Å². The van der Waals surface area contributed by atoms with Crippen molar-refractivity contribution in [3.05, 3.63) is 17.5 Å². The molecule has 2 N–H and O–H groups in total. The number of thiophene rings is 1. The monoisotopic (exact) mass is 276 g/mol. The highest BCUT2D eigenvalue weighted by atomic mass is 32.1. The third kappa shape index (κ3) is 2.27. The molecule has 102 valence electrons. The van der Waals surface area contributed by atoms with E-state index in [1.54, 1.807) is 11.3 Å². The summed E-state index contributed by atoms with van der Waals surface area (Å²) >= 11 is 1.61. The van der Waals surface area contributed by atoms with E-state index in [4.69, 9.17) is 5.73 Å². The average Bonchev–Trinajstić information content (AvgIpc) is 2.93. The molecule has 5 heteroatoms. The standard InChI is InChI=1S/C14H20N4S/c1-9-8-12(15)19-13(9)14-17-16-10(2)18(14)11-6-4-3-5-7-11/h8,11H,3-7,15H2,1-2H3. The summed E-state index contributed by atoms with van der Waals surface area (Å²) in [5.74, 6) is 2.02. The molecule has 0 saturated heterocycles. The number of nitrogen functional groups attached to an aromatic ring is 1. The first-order chi connectivity index (χ1) is 9.16. The Kier molecular flexibility index (Phi) is 3.31. The second-order valence-electron chi connectivity index (χ2n) is 5.39. The van der Waals surface area contributed by atoms with E-state index in [0.29, 0.717) is 6.04 Å². The van der Waals surface area contributed by atoms with Gasteiger partial charge >= 0.3 is 0 Å². The highest BCUT2D eigenvalue weighted by molar-refractivity contribution is 7.19. The molecule has 1 fully saturated rings. The van der Waals surface area contributed by atoms with Gasteiger partial charge in [0.25, 0.3) is 0 Å². The lowest BCUT2D eigenvalue weighted by atomic mass is 9.95. The molecule has 2 aromatic heterocycles. The first kappa shape index (κ1) is 12.7. The molecule has 2 heterocycles. The van der Waals surface area contributed by atoms with Crippen molar-refractivity contribution in [1.82, 2.24) is 14.8 Å². The summed E-state index contributed by atoms with van der Waals surface area (Å²) in [6.45, 7) is 4.15. The van der Waals surface area contributed by atoms with Crippen LogP contribution in [0.1, 0.15) is 49.5 Å². The number of rotatable bonds is 2. The first-order valence-electron chi connectivity index (χ1n) is 6.94. The van der Waals surface area contributed by atoms with E-state index in [2.05, 4.69) is 28.6 Å². The third-order valence-corrected chi connectivity index (χ3v) is 5.01. The van der Waals surface area contributed by atoms with Gasteiger partial charge in [-0.15, -0.1) is 21.5 Å². The van der Waals surface area contributed by atoms with Gasteiger partial charge in [0, 0.05) is 6.04 Å². The second-order valence-corrected chi connectivity index (χ2v) is 6.48. The predicted octanol–water partition coefficient (Wildman–Crippen LogP) is 3.71. The highest BCUT2D eigenvalue weighted by Crippen LogP contribution is 2.37. The average molecular weight is 276 g/mol. The molecule has 4 nitrogen and oxygen atoms in total. The lowest BCUT2D eigenvalue weighted by Crippen LogP contribution is -2.15. The van der Waals surface area contributed by atoms with Crippen LogP contribution in [0, 0.1) is 13.8 Å². The lowest BCUT2D eigenvalue weighted by Gasteiger charge is -2.25. The number of aromatic nitrogens is 3. The molecule has 0 radical (unpaired) electrons. The molecule has 19 heavy (non-hydrogen) atoms. The smallest absolute Gasteiger partial charge is 0.174 e. The normalized spacial score (nSPS) is 16.9. The van der Waals surface area contributed by atoms with Crippen LogP contribution in [0.4, 0.5) is 5.00 Å².